The van der Waals surface area contributed by atoms with Gasteiger partial charge in [0.25, 0.3) is 5.69 Å². The average molecular weight is 249 g/mol. The van der Waals surface area contributed by atoms with Crippen LogP contribution < -0.4 is 10.6 Å². The van der Waals surface area contributed by atoms with Crippen LogP contribution in [0.25, 0.3) is 0 Å². The van der Waals surface area contributed by atoms with Gasteiger partial charge in [-0.1, -0.05) is 12.1 Å². The van der Waals surface area contributed by atoms with Crippen molar-refractivity contribution < 1.29 is 4.92 Å². The summed E-state index contributed by atoms with van der Waals surface area (Å²) in [7, 11) is 0. The molecule has 0 amide bonds. The van der Waals surface area contributed by atoms with Crippen molar-refractivity contribution in [2.45, 2.75) is 25.3 Å². The van der Waals surface area contributed by atoms with Gasteiger partial charge in [-0.3, -0.25) is 10.1 Å². The summed E-state index contributed by atoms with van der Waals surface area (Å²) in [5.41, 5.74) is 1.29. The minimum Gasteiger partial charge on any atom is -0.315 e. The Bertz CT molecular complexity index is 386. The standard InChI is InChI=1S/C13H19N3O2/c17-16(18)13-5-3-11(4-6-13)7-9-14-10-12-2-1-8-15-12/h3-6,12,14-15H,1-2,7-10H2. The van der Waals surface area contributed by atoms with Crippen LogP contribution in [0.1, 0.15) is 18.4 Å². The topological polar surface area (TPSA) is 67.2 Å². The maximum Gasteiger partial charge on any atom is 0.269 e. The number of rotatable bonds is 6. The monoisotopic (exact) mass is 249 g/mol. The van der Waals surface area contributed by atoms with Gasteiger partial charge in [-0.15, -0.1) is 0 Å². The van der Waals surface area contributed by atoms with Gasteiger partial charge in [-0.05, 0) is 37.9 Å². The maximum absolute atomic E-state index is 10.5. The third-order valence-electron chi connectivity index (χ3n) is 3.29. The van der Waals surface area contributed by atoms with Gasteiger partial charge in [-0.25, -0.2) is 0 Å². The zero-order valence-corrected chi connectivity index (χ0v) is 10.4. The molecule has 1 fully saturated rings. The molecule has 0 radical (unpaired) electrons. The first kappa shape index (κ1) is 13.0. The molecule has 1 aliphatic rings. The zero-order chi connectivity index (χ0) is 12.8. The Hall–Kier alpha value is -1.46. The van der Waals surface area contributed by atoms with Crippen molar-refractivity contribution in [1.82, 2.24) is 10.6 Å². The fourth-order valence-electron chi connectivity index (χ4n) is 2.22. The second-order valence-corrected chi connectivity index (χ2v) is 4.67. The van der Waals surface area contributed by atoms with Gasteiger partial charge in [0.05, 0.1) is 4.92 Å². The van der Waals surface area contributed by atoms with Gasteiger partial charge in [0, 0.05) is 24.7 Å². The normalized spacial score (nSPS) is 19.0. The van der Waals surface area contributed by atoms with E-state index in [1.165, 1.54) is 12.8 Å². The molecule has 0 aliphatic carbocycles. The second-order valence-electron chi connectivity index (χ2n) is 4.67. The smallest absolute Gasteiger partial charge is 0.269 e. The number of nitro groups is 1. The molecule has 2 N–H and O–H groups in total. The molecule has 1 aromatic rings. The molecule has 18 heavy (non-hydrogen) atoms. The number of hydrogen-bond acceptors (Lipinski definition) is 4. The van der Waals surface area contributed by atoms with Crippen LogP contribution >= 0.6 is 0 Å². The number of nitrogens with one attached hydrogen (secondary N) is 2. The van der Waals surface area contributed by atoms with E-state index in [0.717, 1.165) is 31.6 Å². The highest BCUT2D eigenvalue weighted by atomic mass is 16.6. The van der Waals surface area contributed by atoms with E-state index in [9.17, 15) is 10.1 Å². The van der Waals surface area contributed by atoms with Crippen LogP contribution in [-0.2, 0) is 6.42 Å². The lowest BCUT2D eigenvalue weighted by Gasteiger charge is -2.11. The van der Waals surface area contributed by atoms with Gasteiger partial charge in [0.15, 0.2) is 0 Å². The van der Waals surface area contributed by atoms with E-state index in [0.29, 0.717) is 6.04 Å². The van der Waals surface area contributed by atoms with Gasteiger partial charge < -0.3 is 10.6 Å². The fraction of sp³-hybridized carbons (Fsp3) is 0.538. The highest BCUT2D eigenvalue weighted by Crippen LogP contribution is 2.12. The first-order valence-electron chi connectivity index (χ1n) is 6.43. The molecule has 0 spiro atoms. The van der Waals surface area contributed by atoms with Gasteiger partial charge in [-0.2, -0.15) is 0 Å². The van der Waals surface area contributed by atoms with Crippen LogP contribution in [0.4, 0.5) is 5.69 Å². The highest BCUT2D eigenvalue weighted by molar-refractivity contribution is 5.32. The summed E-state index contributed by atoms with van der Waals surface area (Å²) >= 11 is 0. The van der Waals surface area contributed by atoms with E-state index in [1.807, 2.05) is 12.1 Å². The molecule has 1 saturated heterocycles. The van der Waals surface area contributed by atoms with E-state index in [4.69, 9.17) is 0 Å². The van der Waals surface area contributed by atoms with Crippen LogP contribution in [0.2, 0.25) is 0 Å². The van der Waals surface area contributed by atoms with E-state index in [1.54, 1.807) is 12.1 Å². The van der Waals surface area contributed by atoms with Crippen molar-refractivity contribution in [3.05, 3.63) is 39.9 Å². The Morgan fingerprint density at radius 3 is 2.78 bits per heavy atom. The largest absolute Gasteiger partial charge is 0.315 e. The molecule has 5 nitrogen and oxygen atoms in total. The minimum atomic E-state index is -0.367. The van der Waals surface area contributed by atoms with Crippen LogP contribution in [0.15, 0.2) is 24.3 Å². The molecule has 1 aliphatic heterocycles. The van der Waals surface area contributed by atoms with Gasteiger partial charge in [0.2, 0.25) is 0 Å². The van der Waals surface area contributed by atoms with Crippen molar-refractivity contribution in [1.29, 1.82) is 0 Å². The predicted octanol–water partition coefficient (Wildman–Crippen LogP) is 1.48. The molecule has 0 saturated carbocycles. The number of benzene rings is 1. The molecule has 2 rings (SSSR count). The lowest BCUT2D eigenvalue weighted by atomic mass is 10.1. The second kappa shape index (κ2) is 6.47. The van der Waals surface area contributed by atoms with E-state index < -0.39 is 0 Å². The summed E-state index contributed by atoms with van der Waals surface area (Å²) in [6, 6.07) is 7.39. The van der Waals surface area contributed by atoms with E-state index in [2.05, 4.69) is 10.6 Å². The van der Waals surface area contributed by atoms with E-state index >= 15 is 0 Å². The third-order valence-corrected chi connectivity index (χ3v) is 3.29. The molecule has 1 aromatic carbocycles. The summed E-state index contributed by atoms with van der Waals surface area (Å²) in [6.07, 6.45) is 3.43. The predicted molar refractivity (Wildman–Crippen MR) is 70.7 cm³/mol. The Kier molecular flexibility index (Phi) is 4.66. The first-order valence-corrected chi connectivity index (χ1v) is 6.43. The maximum atomic E-state index is 10.5. The number of nitrogens with zero attached hydrogens (tertiary/aromatic N) is 1. The highest BCUT2D eigenvalue weighted by Gasteiger charge is 2.12. The lowest BCUT2D eigenvalue weighted by Crippen LogP contribution is -2.34. The van der Waals surface area contributed by atoms with Crippen molar-refractivity contribution in [3.8, 4) is 0 Å². The number of hydrogen-bond donors (Lipinski definition) is 2. The van der Waals surface area contributed by atoms with Crippen LogP contribution in [-0.4, -0.2) is 30.6 Å². The summed E-state index contributed by atoms with van der Waals surface area (Å²) in [5, 5.41) is 17.4. The summed E-state index contributed by atoms with van der Waals surface area (Å²) in [5.74, 6) is 0. The number of nitro benzene ring substituents is 1. The molecule has 1 atom stereocenters. The van der Waals surface area contributed by atoms with Crippen LogP contribution in [0, 0.1) is 10.1 Å². The summed E-state index contributed by atoms with van der Waals surface area (Å²) < 4.78 is 0. The molecule has 5 heteroatoms. The molecule has 0 bridgehead atoms. The van der Waals surface area contributed by atoms with Crippen molar-refractivity contribution in [2.24, 2.45) is 0 Å². The van der Waals surface area contributed by atoms with Crippen molar-refractivity contribution in [3.63, 3.8) is 0 Å². The summed E-state index contributed by atoms with van der Waals surface area (Å²) in [6.45, 7) is 3.05. The first-order chi connectivity index (χ1) is 8.75. The Morgan fingerprint density at radius 2 is 2.17 bits per heavy atom. The van der Waals surface area contributed by atoms with Crippen LogP contribution in [0.3, 0.4) is 0 Å². The SMILES string of the molecule is O=[N+]([O-])c1ccc(CCNCC2CCCN2)cc1. The molecule has 98 valence electrons. The number of non-ortho nitro benzene ring substituents is 1. The minimum absolute atomic E-state index is 0.155. The average Bonchev–Trinajstić information content (AvgIpc) is 2.88. The Morgan fingerprint density at radius 1 is 1.39 bits per heavy atom. The fourth-order valence-corrected chi connectivity index (χ4v) is 2.22. The molecule has 1 heterocycles. The van der Waals surface area contributed by atoms with Crippen LogP contribution in [0.5, 0.6) is 0 Å². The Labute approximate surface area is 107 Å². The van der Waals surface area contributed by atoms with Crippen molar-refractivity contribution >= 4 is 5.69 Å². The lowest BCUT2D eigenvalue weighted by molar-refractivity contribution is -0.384. The third kappa shape index (κ3) is 3.78. The van der Waals surface area contributed by atoms with Gasteiger partial charge >= 0.3 is 0 Å². The molecular weight excluding hydrogens is 230 g/mol. The molecule has 0 aromatic heterocycles. The quantitative estimate of drug-likeness (QED) is 0.455. The zero-order valence-electron chi connectivity index (χ0n) is 10.4. The van der Waals surface area contributed by atoms with E-state index in [-0.39, 0.29) is 10.6 Å². The van der Waals surface area contributed by atoms with Gasteiger partial charge in [0.1, 0.15) is 0 Å². The molecule has 1 unspecified atom stereocenters. The molecular formula is C13H19N3O2. The van der Waals surface area contributed by atoms with Crippen molar-refractivity contribution in [2.75, 3.05) is 19.6 Å². The summed E-state index contributed by atoms with van der Waals surface area (Å²) in [4.78, 5) is 10.1. The Balaban J connectivity index is 1.68.